The van der Waals surface area contributed by atoms with E-state index in [0.29, 0.717) is 0 Å². The maximum Gasteiger partial charge on any atom is 0.356 e. The molecule has 0 heterocycles. The molecule has 0 aliphatic carbocycles. The van der Waals surface area contributed by atoms with Crippen LogP contribution in [0.25, 0.3) is 0 Å². The number of nitrogens with zero attached hydrogens (tertiary/aromatic N) is 1. The first-order valence-electron chi connectivity index (χ1n) is 11.0. The first-order valence-corrected chi connectivity index (χ1v) is 11.0. The molecule has 0 aliphatic heterocycles. The number of carbonyl (C=O) groups is 4. The van der Waals surface area contributed by atoms with Crippen LogP contribution < -0.4 is 0 Å². The van der Waals surface area contributed by atoms with Crippen molar-refractivity contribution < 1.29 is 68.4 Å². The molecule has 2 aromatic carbocycles. The van der Waals surface area contributed by atoms with Gasteiger partial charge in [-0.2, -0.15) is 4.58 Å². The van der Waals surface area contributed by atoms with Crippen LogP contribution in [0.15, 0.2) is 17.7 Å². The zero-order valence-corrected chi connectivity index (χ0v) is 21.2. The summed E-state index contributed by atoms with van der Waals surface area (Å²) in [5.74, 6) is -17.9. The van der Waals surface area contributed by atoms with E-state index in [1.54, 1.807) is 0 Å². The fraction of sp³-hybridized carbons (Fsp3) is 0.280. The van der Waals surface area contributed by atoms with Gasteiger partial charge in [-0.05, 0) is 26.0 Å². The van der Waals surface area contributed by atoms with Crippen LogP contribution >= 0.6 is 0 Å². The summed E-state index contributed by atoms with van der Waals surface area (Å²) in [5.41, 5.74) is -2.93. The highest BCUT2D eigenvalue weighted by atomic mass is 19.2. The number of Topliss-reactive ketones (excluding diaryl/α,β-unsaturated/α-hetero) is 2. The lowest BCUT2D eigenvalue weighted by atomic mass is 10.0. The molecule has 0 radical (unpaired) electrons. The van der Waals surface area contributed by atoms with E-state index in [1.165, 1.54) is 27.9 Å². The Bertz CT molecular complexity index is 1410. The number of ether oxygens (including phenoxy) is 2. The molecule has 0 aromatic heterocycles. The van der Waals surface area contributed by atoms with Gasteiger partial charge in [0.05, 0.1) is 24.3 Å². The number of carbonyl (C=O) groups excluding carboxylic acids is 4. The molecule has 0 bridgehead atoms. The van der Waals surface area contributed by atoms with E-state index < -0.39 is 93.2 Å². The van der Waals surface area contributed by atoms with Crippen LogP contribution in [0.5, 0.6) is 0 Å². The molecule has 15 heteroatoms. The van der Waals surface area contributed by atoms with Gasteiger partial charge in [0.2, 0.25) is 11.4 Å². The van der Waals surface area contributed by atoms with Crippen molar-refractivity contribution in [2.45, 2.75) is 20.3 Å². The first-order chi connectivity index (χ1) is 18.6. The Morgan fingerprint density at radius 3 is 1.60 bits per heavy atom. The van der Waals surface area contributed by atoms with Crippen LogP contribution in [0.1, 0.15) is 41.0 Å². The van der Waals surface area contributed by atoms with Gasteiger partial charge >= 0.3 is 11.9 Å². The number of benzene rings is 2. The monoisotopic (exact) mass is 582 g/mol. The Kier molecular flexibility index (Phi) is 12.3. The second-order valence-corrected chi connectivity index (χ2v) is 7.53. The van der Waals surface area contributed by atoms with E-state index in [0.717, 1.165) is 4.58 Å². The summed E-state index contributed by atoms with van der Waals surface area (Å²) in [6, 6.07) is 0.377. The summed E-state index contributed by atoms with van der Waals surface area (Å²) in [7, 11) is 2.82. The zero-order chi connectivity index (χ0) is 30.9. The number of rotatable bonds is 8. The van der Waals surface area contributed by atoms with Gasteiger partial charge in [0.25, 0.3) is 0 Å². The molecule has 0 saturated carbocycles. The molecule has 2 aromatic rings. The summed E-state index contributed by atoms with van der Waals surface area (Å²) in [6.45, 7) is 2.87. The minimum atomic E-state index is -2.14. The molecule has 216 valence electrons. The average Bonchev–Trinajstić information content (AvgIpc) is 2.89. The van der Waals surface area contributed by atoms with Gasteiger partial charge in [0, 0.05) is 0 Å². The molecule has 0 atom stereocenters. The third-order valence-electron chi connectivity index (χ3n) is 4.40. The Hall–Kier alpha value is -4.39. The topological polar surface area (TPSA) is 89.8 Å². The number of halogens is 8. The van der Waals surface area contributed by atoms with Gasteiger partial charge in [-0.25, -0.2) is 39.9 Å². The molecule has 2 rings (SSSR count). The van der Waals surface area contributed by atoms with Gasteiger partial charge in [0.15, 0.2) is 58.2 Å². The highest BCUT2D eigenvalue weighted by molar-refractivity contribution is 6.29. The summed E-state index contributed by atoms with van der Waals surface area (Å²) >= 11 is 0. The molecule has 0 aliphatic rings. The third kappa shape index (κ3) is 8.30. The summed E-state index contributed by atoms with van der Waals surface area (Å²) in [4.78, 5) is 46.1. The predicted molar refractivity (Wildman–Crippen MR) is 120 cm³/mol. The van der Waals surface area contributed by atoms with E-state index in [2.05, 4.69) is 15.3 Å². The van der Waals surface area contributed by atoms with Crippen LogP contribution in [0.3, 0.4) is 0 Å². The quantitative estimate of drug-likeness (QED) is 0.0442. The standard InChI is InChI=1S/C14H12F4NO3.C11H8F4O3/c1-4-22-14(21)8(6-19(2)3)13(20)7-5-9(15)11(17)12(18)10(7)16;1-2-18-8(17)4-7(16)5-3-6(12)10(14)11(15)9(5)13/h5H,4H2,1-3H3;3H,2,4H2,1H3/q+1;. The van der Waals surface area contributed by atoms with Crippen molar-refractivity contribution in [1.29, 1.82) is 0 Å². The predicted octanol–water partition coefficient (Wildman–Crippen LogP) is 4.24. The van der Waals surface area contributed by atoms with Gasteiger partial charge in [0.1, 0.15) is 20.5 Å². The minimum absolute atomic E-state index is 0.000730. The largest absolute Gasteiger partial charge is 0.466 e. The van der Waals surface area contributed by atoms with Crippen LogP contribution in [-0.4, -0.2) is 61.3 Å². The number of esters is 2. The molecule has 0 fully saturated rings. The number of ketones is 2. The Morgan fingerprint density at radius 1 is 0.700 bits per heavy atom. The first kappa shape index (κ1) is 33.6. The lowest BCUT2D eigenvalue weighted by molar-refractivity contribution is -0.456. The van der Waals surface area contributed by atoms with Crippen molar-refractivity contribution in [3.05, 3.63) is 75.4 Å². The maximum absolute atomic E-state index is 13.6. The van der Waals surface area contributed by atoms with E-state index in [1.807, 2.05) is 0 Å². The number of hydrogen-bond acceptors (Lipinski definition) is 6. The van der Waals surface area contributed by atoms with Crippen molar-refractivity contribution in [3.8, 4) is 0 Å². The van der Waals surface area contributed by atoms with Crippen LogP contribution in [-0.2, 0) is 19.1 Å². The van der Waals surface area contributed by atoms with Gasteiger partial charge in [-0.1, -0.05) is 0 Å². The van der Waals surface area contributed by atoms with Gasteiger partial charge in [-0.3, -0.25) is 14.4 Å². The Morgan fingerprint density at radius 2 is 1.15 bits per heavy atom. The summed E-state index contributed by atoms with van der Waals surface area (Å²) < 4.78 is 115. The SMILES string of the molecule is CCOC(=O)C(=C=[N+](C)C)C(=O)c1cc(F)c(F)c(F)c1F.CCOC(=O)CC(=O)c1cc(F)c(F)c(F)c1F. The van der Waals surface area contributed by atoms with Crippen molar-refractivity contribution in [3.63, 3.8) is 0 Å². The molecule has 0 saturated heterocycles. The molecule has 7 nitrogen and oxygen atoms in total. The average molecular weight is 582 g/mol. The molecular formula is C25H20F8NO6+. The molecule has 0 N–H and O–H groups in total. The van der Waals surface area contributed by atoms with Crippen LogP contribution in [0.2, 0.25) is 0 Å². The van der Waals surface area contributed by atoms with E-state index in [-0.39, 0.29) is 25.3 Å². The van der Waals surface area contributed by atoms with Crippen LogP contribution in [0, 0.1) is 46.5 Å². The Labute approximate surface area is 221 Å². The van der Waals surface area contributed by atoms with Gasteiger partial charge in [-0.15, -0.1) is 0 Å². The second kappa shape index (κ2) is 14.7. The molecule has 0 amide bonds. The zero-order valence-electron chi connectivity index (χ0n) is 21.2. The van der Waals surface area contributed by atoms with Crippen molar-refractivity contribution >= 4 is 29.4 Å². The van der Waals surface area contributed by atoms with E-state index in [4.69, 9.17) is 0 Å². The van der Waals surface area contributed by atoms with Gasteiger partial charge < -0.3 is 9.47 Å². The molecule has 0 spiro atoms. The van der Waals surface area contributed by atoms with Crippen molar-refractivity contribution in [2.24, 2.45) is 0 Å². The van der Waals surface area contributed by atoms with Crippen molar-refractivity contribution in [2.75, 3.05) is 27.3 Å². The van der Waals surface area contributed by atoms with E-state index >= 15 is 0 Å². The second-order valence-electron chi connectivity index (χ2n) is 7.53. The fourth-order valence-electron chi connectivity index (χ4n) is 2.70. The van der Waals surface area contributed by atoms with Crippen LogP contribution in [0.4, 0.5) is 35.1 Å². The highest BCUT2D eigenvalue weighted by Crippen LogP contribution is 2.22. The normalized spacial score (nSPS) is 10.1. The lowest BCUT2D eigenvalue weighted by Crippen LogP contribution is -2.20. The minimum Gasteiger partial charge on any atom is -0.466 e. The summed E-state index contributed by atoms with van der Waals surface area (Å²) in [5, 5.41) is 0. The molecule has 40 heavy (non-hydrogen) atoms. The van der Waals surface area contributed by atoms with Crippen molar-refractivity contribution in [1.82, 2.24) is 0 Å². The molecular weight excluding hydrogens is 562 g/mol. The summed E-state index contributed by atoms with van der Waals surface area (Å²) in [6.07, 6.45) is -0.880. The smallest absolute Gasteiger partial charge is 0.356 e. The Balaban J connectivity index is 0.000000408. The molecule has 0 unspecified atom stereocenters. The van der Waals surface area contributed by atoms with E-state index in [9.17, 15) is 54.3 Å². The third-order valence-corrected chi connectivity index (χ3v) is 4.40. The maximum atomic E-state index is 13.6. The highest BCUT2D eigenvalue weighted by Gasteiger charge is 2.30. The number of hydrogen-bond donors (Lipinski definition) is 0. The fourth-order valence-corrected chi connectivity index (χ4v) is 2.70. The lowest BCUT2D eigenvalue weighted by Gasteiger charge is -2.05.